The number of nitrogens with one attached hydrogen (secondary N) is 1. The van der Waals surface area contributed by atoms with E-state index in [4.69, 9.17) is 30.2 Å². The molecule has 1 aromatic heterocycles. The molecule has 5 aromatic rings. The third kappa shape index (κ3) is 13.8. The summed E-state index contributed by atoms with van der Waals surface area (Å²) in [6, 6.07) is 23.3. The van der Waals surface area contributed by atoms with Crippen LogP contribution in [0, 0.1) is 18.3 Å². The van der Waals surface area contributed by atoms with E-state index >= 15 is 0 Å². The first-order valence-electron chi connectivity index (χ1n) is 22.2. The van der Waals surface area contributed by atoms with Crippen LogP contribution in [0.15, 0.2) is 83.3 Å². The molecule has 0 aliphatic heterocycles. The van der Waals surface area contributed by atoms with Gasteiger partial charge in [-0.25, -0.2) is 14.6 Å². The third-order valence-electron chi connectivity index (χ3n) is 11.1. The van der Waals surface area contributed by atoms with Crippen LogP contribution >= 0.6 is 11.6 Å². The molecular weight excluding hydrogens is 844 g/mol. The number of carbonyl (C=O) groups excluding carboxylic acids is 4. The first kappa shape index (κ1) is 49.6. The van der Waals surface area contributed by atoms with Crippen molar-refractivity contribution in [1.29, 1.82) is 5.26 Å². The van der Waals surface area contributed by atoms with E-state index in [0.717, 1.165) is 36.1 Å². The van der Waals surface area contributed by atoms with E-state index in [-0.39, 0.29) is 45.3 Å². The smallest absolute Gasteiger partial charge is 0.415 e. The lowest BCUT2D eigenvalue weighted by molar-refractivity contribution is -0.122. The molecule has 5 rings (SSSR count). The quantitative estimate of drug-likeness (QED) is 0.0247. The zero-order valence-corrected chi connectivity index (χ0v) is 39.2. The van der Waals surface area contributed by atoms with Gasteiger partial charge in [0.25, 0.3) is 5.91 Å². The van der Waals surface area contributed by atoms with Gasteiger partial charge in [-0.3, -0.25) is 14.5 Å². The molecule has 0 bridgehead atoms. The number of rotatable bonds is 21. The largest absolute Gasteiger partial charge is 0.497 e. The van der Waals surface area contributed by atoms with Crippen molar-refractivity contribution in [3.05, 3.63) is 118 Å². The van der Waals surface area contributed by atoms with Gasteiger partial charge in [0.2, 0.25) is 17.8 Å². The first-order chi connectivity index (χ1) is 31.1. The molecular formula is C52H59ClN4O8. The average Bonchev–Trinajstić information content (AvgIpc) is 3.73. The molecule has 13 heteroatoms. The highest BCUT2D eigenvalue weighted by Crippen LogP contribution is 2.30. The van der Waals surface area contributed by atoms with Gasteiger partial charge in [-0.15, -0.1) is 0 Å². The van der Waals surface area contributed by atoms with Crippen LogP contribution in [0.4, 0.5) is 16.2 Å². The number of amides is 2. The molecule has 0 spiro atoms. The van der Waals surface area contributed by atoms with Crippen LogP contribution in [0.25, 0.3) is 22.7 Å². The Labute approximate surface area is 386 Å². The number of benzene rings is 4. The second kappa shape index (κ2) is 23.5. The maximum Gasteiger partial charge on any atom is 0.415 e. The Morgan fingerprint density at radius 2 is 1.54 bits per heavy atom. The molecule has 0 aliphatic carbocycles. The van der Waals surface area contributed by atoms with Gasteiger partial charge in [-0.05, 0) is 108 Å². The topological polar surface area (TPSA) is 161 Å². The molecule has 12 nitrogen and oxygen atoms in total. The standard InChI is InChI=1S/C52H59ClN4O8/c1-8-9-10-11-12-13-14-15-16-17-28-63-50(60)37-21-26-42(53)43(31-37)55-48(59)47(46(58)35-19-24-41(62-7)25-20-35)65-51(61)57(6)40-23-18-36(34(2)29-40)30-38(33-54)49-56-44-32-39(52(3,4)5)22-27-45(44)64-49/h18-27,29-32,47H,8-17,28H2,1-7H3,(H,55,59). The van der Waals surface area contributed by atoms with Crippen molar-refractivity contribution in [3.63, 3.8) is 0 Å². The number of aromatic nitrogens is 1. The number of ether oxygens (including phenoxy) is 3. The number of allylic oxidation sites excluding steroid dienone is 1. The van der Waals surface area contributed by atoms with Gasteiger partial charge >= 0.3 is 12.1 Å². The Morgan fingerprint density at radius 1 is 0.877 bits per heavy atom. The molecule has 0 aliphatic rings. The number of hydrogen-bond acceptors (Lipinski definition) is 10. The maximum absolute atomic E-state index is 14.0. The molecule has 1 heterocycles. The zero-order valence-electron chi connectivity index (χ0n) is 38.4. The van der Waals surface area contributed by atoms with Crippen LogP contribution in [-0.2, 0) is 19.7 Å². The van der Waals surface area contributed by atoms with Gasteiger partial charge in [0.1, 0.15) is 22.9 Å². The van der Waals surface area contributed by atoms with Gasteiger partial charge in [0.15, 0.2) is 5.58 Å². The molecule has 2 amide bonds. The van der Waals surface area contributed by atoms with Gasteiger partial charge in [0.05, 0.1) is 30.0 Å². The van der Waals surface area contributed by atoms with Gasteiger partial charge in [0, 0.05) is 18.3 Å². The Bertz CT molecular complexity index is 2530. The molecule has 0 fully saturated rings. The monoisotopic (exact) mass is 902 g/mol. The lowest BCUT2D eigenvalue weighted by atomic mass is 9.87. The number of hydrogen-bond donors (Lipinski definition) is 1. The summed E-state index contributed by atoms with van der Waals surface area (Å²) in [5, 5.41) is 12.8. The fourth-order valence-corrected chi connectivity index (χ4v) is 7.20. The lowest BCUT2D eigenvalue weighted by Gasteiger charge is -2.22. The number of nitrogens with zero attached hydrogens (tertiary/aromatic N) is 3. The number of oxazole rings is 1. The van der Waals surface area contributed by atoms with E-state index in [9.17, 15) is 24.4 Å². The van der Waals surface area contributed by atoms with E-state index in [2.05, 4.69) is 44.1 Å². The molecule has 0 radical (unpaired) electrons. The molecule has 1 unspecified atom stereocenters. The molecule has 0 saturated heterocycles. The van der Waals surface area contributed by atoms with Crippen LogP contribution < -0.4 is 15.0 Å². The van der Waals surface area contributed by atoms with Crippen LogP contribution in [0.2, 0.25) is 5.02 Å². The minimum atomic E-state index is -1.97. The first-order valence-corrected chi connectivity index (χ1v) is 22.5. The molecule has 342 valence electrons. The maximum atomic E-state index is 14.0. The van der Waals surface area contributed by atoms with Crippen molar-refractivity contribution < 1.29 is 37.8 Å². The van der Waals surface area contributed by atoms with Gasteiger partial charge < -0.3 is 23.9 Å². The Hall–Kier alpha value is -6.45. The minimum Gasteiger partial charge on any atom is -0.497 e. The van der Waals surface area contributed by atoms with Crippen molar-refractivity contribution in [2.24, 2.45) is 0 Å². The summed E-state index contributed by atoms with van der Waals surface area (Å²) in [7, 11) is 2.91. The molecule has 1 atom stereocenters. The number of unbranched alkanes of at least 4 members (excludes halogenated alkanes) is 9. The van der Waals surface area contributed by atoms with E-state index in [1.165, 1.54) is 83.0 Å². The van der Waals surface area contributed by atoms with Crippen LogP contribution in [0.3, 0.4) is 0 Å². The van der Waals surface area contributed by atoms with Crippen LogP contribution in [0.5, 0.6) is 5.75 Å². The molecule has 65 heavy (non-hydrogen) atoms. The summed E-state index contributed by atoms with van der Waals surface area (Å²) in [6.07, 6.45) is 10.2. The van der Waals surface area contributed by atoms with Gasteiger partial charge in [-0.2, -0.15) is 5.26 Å². The summed E-state index contributed by atoms with van der Waals surface area (Å²) in [4.78, 5) is 60.4. The van der Waals surface area contributed by atoms with E-state index < -0.39 is 29.9 Å². The van der Waals surface area contributed by atoms with Crippen molar-refractivity contribution >= 4 is 69.5 Å². The molecule has 4 aromatic carbocycles. The second-order valence-corrected chi connectivity index (χ2v) is 17.5. The third-order valence-corrected chi connectivity index (χ3v) is 11.4. The predicted octanol–water partition coefficient (Wildman–Crippen LogP) is 12.7. The Morgan fingerprint density at radius 3 is 2.17 bits per heavy atom. The number of carbonyl (C=O) groups is 4. The summed E-state index contributed by atoms with van der Waals surface area (Å²) < 4.78 is 22.3. The molecule has 1 N–H and O–H groups in total. The van der Waals surface area contributed by atoms with Crippen LogP contribution in [-0.4, -0.2) is 55.6 Å². The highest BCUT2D eigenvalue weighted by Gasteiger charge is 2.34. The number of methoxy groups -OCH3 is 1. The van der Waals surface area contributed by atoms with E-state index in [1.54, 1.807) is 43.3 Å². The zero-order chi connectivity index (χ0) is 47.1. The SMILES string of the molecule is CCCCCCCCCCCCOC(=O)c1ccc(Cl)c(NC(=O)C(OC(=O)N(C)c2ccc(C=C(C#N)c3nc4cc(C(C)(C)C)ccc4o3)c(C)c2)C(=O)c2ccc(OC)cc2)c1. The number of esters is 1. The van der Waals surface area contributed by atoms with E-state index in [0.29, 0.717) is 33.7 Å². The number of halogens is 1. The number of fused-ring (bicyclic) bond motifs is 1. The van der Waals surface area contributed by atoms with Gasteiger partial charge in [-0.1, -0.05) is 109 Å². The van der Waals surface area contributed by atoms with Crippen molar-refractivity contribution in [1.82, 2.24) is 4.98 Å². The highest BCUT2D eigenvalue weighted by molar-refractivity contribution is 6.34. The number of aryl methyl sites for hydroxylation is 1. The summed E-state index contributed by atoms with van der Waals surface area (Å²) in [6.45, 7) is 10.6. The van der Waals surface area contributed by atoms with Crippen molar-refractivity contribution in [2.75, 3.05) is 31.0 Å². The summed E-state index contributed by atoms with van der Waals surface area (Å²) in [5.74, 6) is -1.75. The summed E-state index contributed by atoms with van der Waals surface area (Å²) in [5.41, 5.74) is 4.38. The van der Waals surface area contributed by atoms with E-state index in [1.807, 2.05) is 18.2 Å². The molecule has 0 saturated carbocycles. The summed E-state index contributed by atoms with van der Waals surface area (Å²) >= 11 is 6.47. The van der Waals surface area contributed by atoms with Crippen molar-refractivity contribution in [3.8, 4) is 11.8 Å². The minimum absolute atomic E-state index is 0.0190. The number of nitriles is 1. The predicted molar refractivity (Wildman–Crippen MR) is 256 cm³/mol. The fourth-order valence-electron chi connectivity index (χ4n) is 7.04. The normalized spacial score (nSPS) is 12.0. The van der Waals surface area contributed by atoms with Crippen LogP contribution in [0.1, 0.15) is 135 Å². The Balaban J connectivity index is 1.27. The fraction of sp³-hybridized carbons (Fsp3) is 0.385. The second-order valence-electron chi connectivity index (χ2n) is 17.1. The average molecular weight is 904 g/mol. The number of ketones is 1. The number of anilines is 2. The Kier molecular flexibility index (Phi) is 17.9. The van der Waals surface area contributed by atoms with Crippen molar-refractivity contribution in [2.45, 2.75) is 110 Å². The highest BCUT2D eigenvalue weighted by atomic mass is 35.5. The lowest BCUT2D eigenvalue weighted by Crippen LogP contribution is -2.42. The number of Topliss-reactive ketones (excluding diaryl/α,β-unsaturated/α-hetero) is 1.